The molecule has 0 amide bonds. The van der Waals surface area contributed by atoms with E-state index in [0.29, 0.717) is 0 Å². The van der Waals surface area contributed by atoms with Gasteiger partial charge in [0.2, 0.25) is 0 Å². The van der Waals surface area contributed by atoms with Crippen LogP contribution in [0.2, 0.25) is 0 Å². The summed E-state index contributed by atoms with van der Waals surface area (Å²) in [6, 6.07) is 0. The van der Waals surface area contributed by atoms with E-state index < -0.39 is 0 Å². The third-order valence-electron chi connectivity index (χ3n) is 0. The Morgan fingerprint density at radius 3 is 0.235 bits per heavy atom. The van der Waals surface area contributed by atoms with Gasteiger partial charge in [0.25, 0.3) is 0 Å². The van der Waals surface area contributed by atoms with Gasteiger partial charge in [0, 0.05) is 33.6 Å². The minimum absolute atomic E-state index is 0. The van der Waals surface area contributed by atoms with Crippen LogP contribution in [-0.4, -0.2) is 65.7 Å². The summed E-state index contributed by atoms with van der Waals surface area (Å²) in [7, 11) is 0. The largest absolute Gasteiger partial charge is 0.412 e. The smallest absolute Gasteiger partial charge is 0 e. The summed E-state index contributed by atoms with van der Waals surface area (Å²) in [4.78, 5) is 0. The first-order valence-corrected chi connectivity index (χ1v) is 0. The summed E-state index contributed by atoms with van der Waals surface area (Å²) in [5.41, 5.74) is 0. The Hall–Kier alpha value is 1.40. The quantitative estimate of drug-likeness (QED) is 0.317. The average molecular weight is 440 g/mol. The number of halogens is 3. The summed E-state index contributed by atoms with van der Waals surface area (Å²) in [6.45, 7) is 0. The molecule has 0 aromatic carbocycles. The Balaban J connectivity index is 0. The summed E-state index contributed by atoms with van der Waals surface area (Å²) >= 11 is 0. The second-order valence-electron chi connectivity index (χ2n) is 0. The zero-order chi connectivity index (χ0) is 0. The van der Waals surface area contributed by atoms with Gasteiger partial charge in [0.15, 0.2) is 0 Å². The molecule has 0 radical (unpaired) electrons. The van der Waals surface area contributed by atoms with Crippen molar-refractivity contribution in [2.45, 2.75) is 0 Å². The fraction of sp³-hybridized carbons (Fsp3) is 0. The first-order chi connectivity index (χ1) is 0. The van der Waals surface area contributed by atoms with Gasteiger partial charge < -0.3 is 65.7 Å². The summed E-state index contributed by atoms with van der Waals surface area (Å²) < 4.78 is 0. The average Bonchev–Trinajstić information content (AvgIpc) is 0. The van der Waals surface area contributed by atoms with Crippen LogP contribution in [0.15, 0.2) is 0 Å². The van der Waals surface area contributed by atoms with Crippen LogP contribution in [0.25, 0.3) is 0 Å². The van der Waals surface area contributed by atoms with Crippen LogP contribution in [0.4, 0.5) is 0 Å². The number of hydrogen-bond donors (Lipinski definition) is 0. The van der Waals surface area contributed by atoms with E-state index >= 15 is 0 Å². The number of rotatable bonds is 0. The molecule has 0 saturated heterocycles. The van der Waals surface area contributed by atoms with Gasteiger partial charge in [0.05, 0.1) is 0 Å². The Bertz CT molecular complexity index is 21.7. The molecule has 0 fully saturated rings. The molecular weight excluding hydrogens is 413 g/mol. The predicted molar refractivity (Wildman–Crippen MR) is 65.1 cm³/mol. The van der Waals surface area contributed by atoms with Crippen molar-refractivity contribution in [2.24, 2.45) is 0 Å². The van der Waals surface area contributed by atoms with Crippen LogP contribution >= 0.6 is 37.2 Å². The molecule has 0 atom stereocenters. The predicted octanol–water partition coefficient (Wildman–Crippen LogP) is -8.64. The van der Waals surface area contributed by atoms with Gasteiger partial charge in [-0.1, -0.05) is 0 Å². The molecule has 0 unspecified atom stereocenters. The van der Waals surface area contributed by atoms with Crippen LogP contribution in [0, 0.1) is 0 Å². The SMILES string of the molecule is Cl.Cl.Cl.O.O.O.O.O.O.O.O.O.O.O.O.[Fe].[Ni]. The van der Waals surface area contributed by atoms with Gasteiger partial charge in [-0.25, -0.2) is 0 Å². The Morgan fingerprint density at radius 1 is 0.235 bits per heavy atom. The molecule has 0 spiro atoms. The van der Waals surface area contributed by atoms with Gasteiger partial charge in [-0.2, -0.15) is 0 Å². The van der Waals surface area contributed by atoms with Crippen molar-refractivity contribution < 1.29 is 99.3 Å². The first kappa shape index (κ1) is 2830. The molecular formula is H27Cl3FeNiO12. The molecule has 17 heavy (non-hydrogen) atoms. The second-order valence-corrected chi connectivity index (χ2v) is 0. The standard InChI is InChI=1S/3ClH.Fe.Ni.12H2O/h3*1H;;;12*1H2. The van der Waals surface area contributed by atoms with Crippen LogP contribution in [0.3, 0.4) is 0 Å². The third-order valence-corrected chi connectivity index (χ3v) is 0. The van der Waals surface area contributed by atoms with Crippen LogP contribution < -0.4 is 0 Å². The molecule has 0 aromatic rings. The van der Waals surface area contributed by atoms with E-state index in [2.05, 4.69) is 0 Å². The maximum atomic E-state index is 0. The molecule has 0 heterocycles. The molecule has 0 aliphatic carbocycles. The second kappa shape index (κ2) is 2380. The molecule has 17 heteroatoms. The van der Waals surface area contributed by atoms with Crippen molar-refractivity contribution in [1.29, 1.82) is 0 Å². The zero-order valence-corrected chi connectivity index (χ0v) is 12.4. The minimum atomic E-state index is 0. The Labute approximate surface area is 136 Å². The summed E-state index contributed by atoms with van der Waals surface area (Å²) in [6.07, 6.45) is 0. The normalized spacial score (nSPS) is 0. The zero-order valence-electron chi connectivity index (χ0n) is 7.89. The van der Waals surface area contributed by atoms with Crippen molar-refractivity contribution in [3.8, 4) is 0 Å². The van der Waals surface area contributed by atoms with Crippen molar-refractivity contribution >= 4 is 37.2 Å². The van der Waals surface area contributed by atoms with E-state index in [1.807, 2.05) is 0 Å². The maximum absolute atomic E-state index is 0. The fourth-order valence-corrected chi connectivity index (χ4v) is 0. The monoisotopic (exact) mass is 438 g/mol. The van der Waals surface area contributed by atoms with E-state index in [1.165, 1.54) is 0 Å². The molecule has 0 saturated carbocycles. The Morgan fingerprint density at radius 2 is 0.235 bits per heavy atom. The van der Waals surface area contributed by atoms with Crippen LogP contribution in [0.1, 0.15) is 0 Å². The molecule has 138 valence electrons. The molecule has 0 aliphatic heterocycles. The fourth-order valence-electron chi connectivity index (χ4n) is 0. The van der Waals surface area contributed by atoms with Crippen molar-refractivity contribution in [3.05, 3.63) is 0 Å². The van der Waals surface area contributed by atoms with Crippen LogP contribution in [0.5, 0.6) is 0 Å². The van der Waals surface area contributed by atoms with Gasteiger partial charge in [-0.05, 0) is 0 Å². The third kappa shape index (κ3) is 2100. The van der Waals surface area contributed by atoms with Gasteiger partial charge in [0.1, 0.15) is 0 Å². The maximum Gasteiger partial charge on any atom is 0 e. The molecule has 0 rings (SSSR count). The minimum Gasteiger partial charge on any atom is -0.412 e. The van der Waals surface area contributed by atoms with Crippen molar-refractivity contribution in [1.82, 2.24) is 0 Å². The topological polar surface area (TPSA) is 378 Å². The van der Waals surface area contributed by atoms with Gasteiger partial charge >= 0.3 is 0 Å². The Kier molecular flexibility index (Phi) is 396000. The molecule has 0 aliphatic rings. The van der Waals surface area contributed by atoms with E-state index in [4.69, 9.17) is 0 Å². The van der Waals surface area contributed by atoms with Crippen LogP contribution in [-0.2, 0) is 33.6 Å². The first-order valence-electron chi connectivity index (χ1n) is 0. The van der Waals surface area contributed by atoms with Crippen molar-refractivity contribution in [3.63, 3.8) is 0 Å². The molecule has 0 aromatic heterocycles. The van der Waals surface area contributed by atoms with Gasteiger partial charge in [-0.3, -0.25) is 0 Å². The summed E-state index contributed by atoms with van der Waals surface area (Å²) in [5.74, 6) is 0. The van der Waals surface area contributed by atoms with E-state index in [1.54, 1.807) is 0 Å². The van der Waals surface area contributed by atoms with E-state index in [9.17, 15) is 0 Å². The molecule has 24 N–H and O–H groups in total. The number of hydrogen-bond acceptors (Lipinski definition) is 0. The summed E-state index contributed by atoms with van der Waals surface area (Å²) in [5, 5.41) is 0. The van der Waals surface area contributed by atoms with E-state index in [-0.39, 0.29) is 136 Å². The molecule has 0 bridgehead atoms. The van der Waals surface area contributed by atoms with E-state index in [0.717, 1.165) is 0 Å². The van der Waals surface area contributed by atoms with Gasteiger partial charge in [-0.15, -0.1) is 37.2 Å². The van der Waals surface area contributed by atoms with Crippen molar-refractivity contribution in [2.75, 3.05) is 0 Å². The molecule has 12 nitrogen and oxygen atoms in total.